The third-order valence-corrected chi connectivity index (χ3v) is 4.45. The molecule has 3 rings (SSSR count). The van der Waals surface area contributed by atoms with E-state index >= 15 is 0 Å². The van der Waals surface area contributed by atoms with E-state index in [0.29, 0.717) is 12.0 Å². The van der Waals surface area contributed by atoms with Gasteiger partial charge in [0.1, 0.15) is 0 Å². The largest absolute Gasteiger partial charge is 0.396 e. The SMILES string of the molecule is C[C@H]1C(CO)CN1C(c1ccccc1)c1ccccc1. The molecule has 2 heteroatoms. The standard InChI is InChI=1S/C18H21NO/c1-14-17(13-20)12-19(14)18(15-8-4-2-5-9-15)16-10-6-3-7-11-16/h2-11,14,17-18,20H,12-13H2,1H3/t14-,17?/m0/s1. The van der Waals surface area contributed by atoms with Gasteiger partial charge >= 0.3 is 0 Å². The highest BCUT2D eigenvalue weighted by molar-refractivity contribution is 5.32. The fourth-order valence-electron chi connectivity index (χ4n) is 3.12. The number of nitrogens with zero attached hydrogens (tertiary/aromatic N) is 1. The van der Waals surface area contributed by atoms with Crippen LogP contribution in [0.3, 0.4) is 0 Å². The number of hydrogen-bond acceptors (Lipinski definition) is 2. The molecule has 1 fully saturated rings. The second-order valence-corrected chi connectivity index (χ2v) is 5.60. The summed E-state index contributed by atoms with van der Waals surface area (Å²) in [4.78, 5) is 2.48. The van der Waals surface area contributed by atoms with E-state index in [4.69, 9.17) is 0 Å². The van der Waals surface area contributed by atoms with E-state index in [-0.39, 0.29) is 12.6 Å². The lowest BCUT2D eigenvalue weighted by Crippen LogP contribution is -2.57. The summed E-state index contributed by atoms with van der Waals surface area (Å²) >= 11 is 0. The van der Waals surface area contributed by atoms with Crippen molar-refractivity contribution >= 4 is 0 Å². The molecule has 0 aromatic heterocycles. The van der Waals surface area contributed by atoms with Crippen LogP contribution in [0.5, 0.6) is 0 Å². The molecule has 2 aromatic carbocycles. The quantitative estimate of drug-likeness (QED) is 0.920. The lowest BCUT2D eigenvalue weighted by Gasteiger charge is -2.50. The molecule has 2 aromatic rings. The highest BCUT2D eigenvalue weighted by Gasteiger charge is 2.40. The first-order valence-corrected chi connectivity index (χ1v) is 7.27. The van der Waals surface area contributed by atoms with Gasteiger partial charge in [-0.1, -0.05) is 60.7 Å². The number of benzene rings is 2. The third-order valence-electron chi connectivity index (χ3n) is 4.45. The van der Waals surface area contributed by atoms with E-state index in [1.807, 2.05) is 0 Å². The Labute approximate surface area is 120 Å². The summed E-state index contributed by atoms with van der Waals surface area (Å²) in [6, 6.07) is 22.0. The summed E-state index contributed by atoms with van der Waals surface area (Å²) in [5.41, 5.74) is 2.64. The maximum atomic E-state index is 9.37. The molecular formula is C18H21NO. The van der Waals surface area contributed by atoms with Crippen LogP contribution in [-0.2, 0) is 0 Å². The summed E-state index contributed by atoms with van der Waals surface area (Å²) in [5, 5.41) is 9.37. The smallest absolute Gasteiger partial charge is 0.0604 e. The van der Waals surface area contributed by atoms with E-state index < -0.39 is 0 Å². The zero-order chi connectivity index (χ0) is 13.9. The van der Waals surface area contributed by atoms with Crippen LogP contribution >= 0.6 is 0 Å². The van der Waals surface area contributed by atoms with E-state index in [0.717, 1.165) is 6.54 Å². The molecule has 104 valence electrons. The van der Waals surface area contributed by atoms with Crippen molar-refractivity contribution in [1.82, 2.24) is 4.90 Å². The molecule has 1 saturated heterocycles. The van der Waals surface area contributed by atoms with Crippen LogP contribution < -0.4 is 0 Å². The average molecular weight is 267 g/mol. The summed E-state index contributed by atoms with van der Waals surface area (Å²) in [7, 11) is 0. The van der Waals surface area contributed by atoms with Gasteiger partial charge in [0.05, 0.1) is 6.04 Å². The Morgan fingerprint density at radius 3 is 1.90 bits per heavy atom. The summed E-state index contributed by atoms with van der Waals surface area (Å²) < 4.78 is 0. The Balaban J connectivity index is 1.94. The monoisotopic (exact) mass is 267 g/mol. The van der Waals surface area contributed by atoms with E-state index in [1.54, 1.807) is 0 Å². The normalized spacial score (nSPS) is 22.8. The lowest BCUT2D eigenvalue weighted by atomic mass is 9.84. The first-order chi connectivity index (χ1) is 9.81. The molecule has 0 saturated carbocycles. The molecule has 2 atom stereocenters. The van der Waals surface area contributed by atoms with Gasteiger partial charge in [0.15, 0.2) is 0 Å². The number of likely N-dealkylation sites (tertiary alicyclic amines) is 1. The van der Waals surface area contributed by atoms with Crippen molar-refractivity contribution in [2.24, 2.45) is 5.92 Å². The van der Waals surface area contributed by atoms with Crippen LogP contribution in [0.15, 0.2) is 60.7 Å². The second kappa shape index (κ2) is 5.78. The third kappa shape index (κ3) is 2.37. The maximum Gasteiger partial charge on any atom is 0.0604 e. The Kier molecular flexibility index (Phi) is 3.86. The first-order valence-electron chi connectivity index (χ1n) is 7.27. The fourth-order valence-corrected chi connectivity index (χ4v) is 3.12. The number of rotatable bonds is 4. The van der Waals surface area contributed by atoms with Crippen LogP contribution in [0.2, 0.25) is 0 Å². The van der Waals surface area contributed by atoms with Crippen molar-refractivity contribution in [3.63, 3.8) is 0 Å². The highest BCUT2D eigenvalue weighted by Crippen LogP contribution is 2.38. The summed E-state index contributed by atoms with van der Waals surface area (Å²) in [6.45, 7) is 3.46. The number of aliphatic hydroxyl groups excluding tert-OH is 1. The zero-order valence-corrected chi connectivity index (χ0v) is 11.8. The van der Waals surface area contributed by atoms with Crippen LogP contribution in [-0.4, -0.2) is 29.2 Å². The molecule has 20 heavy (non-hydrogen) atoms. The Bertz CT molecular complexity index is 500. The maximum absolute atomic E-state index is 9.37. The van der Waals surface area contributed by atoms with Crippen molar-refractivity contribution in [1.29, 1.82) is 0 Å². The first kappa shape index (κ1) is 13.3. The van der Waals surface area contributed by atoms with E-state index in [2.05, 4.69) is 72.5 Å². The topological polar surface area (TPSA) is 23.5 Å². The highest BCUT2D eigenvalue weighted by atomic mass is 16.3. The fraction of sp³-hybridized carbons (Fsp3) is 0.333. The minimum atomic E-state index is 0.286. The molecule has 1 aliphatic rings. The number of aliphatic hydroxyl groups is 1. The van der Waals surface area contributed by atoms with Crippen molar-refractivity contribution in [3.8, 4) is 0 Å². The van der Waals surface area contributed by atoms with Crippen molar-refractivity contribution in [2.45, 2.75) is 19.0 Å². The van der Waals surface area contributed by atoms with Crippen molar-refractivity contribution in [2.75, 3.05) is 13.2 Å². The van der Waals surface area contributed by atoms with Gasteiger partial charge in [-0.15, -0.1) is 0 Å². The zero-order valence-electron chi connectivity index (χ0n) is 11.8. The predicted molar refractivity (Wildman–Crippen MR) is 81.5 cm³/mol. The molecule has 1 N–H and O–H groups in total. The van der Waals surface area contributed by atoms with Gasteiger partial charge in [-0.3, -0.25) is 4.90 Å². The van der Waals surface area contributed by atoms with Gasteiger partial charge in [0.25, 0.3) is 0 Å². The Morgan fingerprint density at radius 2 is 1.50 bits per heavy atom. The second-order valence-electron chi connectivity index (χ2n) is 5.60. The molecule has 1 unspecified atom stereocenters. The van der Waals surface area contributed by atoms with Gasteiger partial charge in [-0.05, 0) is 18.1 Å². The molecule has 2 nitrogen and oxygen atoms in total. The van der Waals surface area contributed by atoms with Crippen LogP contribution in [0.1, 0.15) is 24.1 Å². The molecule has 1 heterocycles. The molecule has 0 amide bonds. The number of hydrogen-bond donors (Lipinski definition) is 1. The van der Waals surface area contributed by atoms with E-state index in [1.165, 1.54) is 11.1 Å². The van der Waals surface area contributed by atoms with Gasteiger partial charge in [0, 0.05) is 25.1 Å². The van der Waals surface area contributed by atoms with Crippen LogP contribution in [0, 0.1) is 5.92 Å². The van der Waals surface area contributed by atoms with Gasteiger partial charge in [-0.2, -0.15) is 0 Å². The summed E-state index contributed by atoms with van der Waals surface area (Å²) in [6.07, 6.45) is 0. The average Bonchev–Trinajstić information content (AvgIpc) is 2.52. The van der Waals surface area contributed by atoms with Gasteiger partial charge in [0.2, 0.25) is 0 Å². The predicted octanol–water partition coefficient (Wildman–Crippen LogP) is 3.09. The Hall–Kier alpha value is -1.64. The summed E-state index contributed by atoms with van der Waals surface area (Å²) in [5.74, 6) is 0.407. The van der Waals surface area contributed by atoms with Crippen molar-refractivity contribution in [3.05, 3.63) is 71.8 Å². The van der Waals surface area contributed by atoms with Gasteiger partial charge in [-0.25, -0.2) is 0 Å². The van der Waals surface area contributed by atoms with Gasteiger partial charge < -0.3 is 5.11 Å². The molecule has 0 aliphatic carbocycles. The molecule has 0 spiro atoms. The van der Waals surface area contributed by atoms with Crippen molar-refractivity contribution < 1.29 is 5.11 Å². The molecule has 1 aliphatic heterocycles. The Morgan fingerprint density at radius 1 is 1.00 bits per heavy atom. The van der Waals surface area contributed by atoms with Crippen LogP contribution in [0.4, 0.5) is 0 Å². The minimum Gasteiger partial charge on any atom is -0.396 e. The lowest BCUT2D eigenvalue weighted by molar-refractivity contribution is -0.0278. The molecular weight excluding hydrogens is 246 g/mol. The minimum absolute atomic E-state index is 0.286. The van der Waals surface area contributed by atoms with E-state index in [9.17, 15) is 5.11 Å². The van der Waals surface area contributed by atoms with Crippen LogP contribution in [0.25, 0.3) is 0 Å². The molecule has 0 radical (unpaired) electrons. The molecule has 0 bridgehead atoms.